The van der Waals surface area contributed by atoms with Crippen molar-refractivity contribution in [3.63, 3.8) is 0 Å². The third-order valence-corrected chi connectivity index (χ3v) is 5.51. The van der Waals surface area contributed by atoms with Crippen LogP contribution < -0.4 is 9.47 Å². The van der Waals surface area contributed by atoms with Gasteiger partial charge in [0.2, 0.25) is 0 Å². The van der Waals surface area contributed by atoms with Gasteiger partial charge in [0, 0.05) is 26.3 Å². The van der Waals surface area contributed by atoms with Crippen molar-refractivity contribution in [1.82, 2.24) is 0 Å². The molecule has 0 N–H and O–H groups in total. The van der Waals surface area contributed by atoms with Crippen LogP contribution in [0.25, 0.3) is 20.2 Å². The minimum Gasteiger partial charge on any atom is -0.497 e. The second-order valence-corrected chi connectivity index (χ2v) is 6.69. The molecule has 3 rings (SSSR count). The molecule has 4 heteroatoms. The number of hydrogen-bond donors (Lipinski definition) is 0. The van der Waals surface area contributed by atoms with Crippen molar-refractivity contribution in [3.05, 3.63) is 47.3 Å². The van der Waals surface area contributed by atoms with Crippen molar-refractivity contribution in [1.29, 1.82) is 0 Å². The monoisotopic (exact) mass is 316 g/mol. The van der Waals surface area contributed by atoms with E-state index in [1.165, 1.54) is 14.6 Å². The highest BCUT2D eigenvalue weighted by atomic mass is 32.1. The minimum absolute atomic E-state index is 0.822. The van der Waals surface area contributed by atoms with Crippen molar-refractivity contribution in [2.24, 2.45) is 0 Å². The summed E-state index contributed by atoms with van der Waals surface area (Å²) in [5, 5.41) is 2.11. The van der Waals surface area contributed by atoms with Crippen LogP contribution in [0, 0.1) is 6.92 Å². The Morgan fingerprint density at radius 1 is 0.905 bits per heavy atom. The van der Waals surface area contributed by atoms with Gasteiger partial charge in [0.1, 0.15) is 11.5 Å². The lowest BCUT2D eigenvalue weighted by atomic mass is 10.1. The van der Waals surface area contributed by atoms with Gasteiger partial charge in [0.15, 0.2) is 0 Å². The molecule has 0 aliphatic rings. The van der Waals surface area contributed by atoms with Gasteiger partial charge in [0.25, 0.3) is 0 Å². The molecule has 0 aliphatic carbocycles. The van der Waals surface area contributed by atoms with Gasteiger partial charge in [-0.05, 0) is 42.1 Å². The van der Waals surface area contributed by atoms with Gasteiger partial charge in [0.05, 0.1) is 14.2 Å². The molecule has 0 spiro atoms. The zero-order chi connectivity index (χ0) is 14.8. The molecule has 0 bridgehead atoms. The highest BCUT2D eigenvalue weighted by Crippen LogP contribution is 2.42. The highest BCUT2D eigenvalue weighted by molar-refractivity contribution is 7.23. The molecular weight excluding hydrogens is 300 g/mol. The van der Waals surface area contributed by atoms with Gasteiger partial charge in [-0.2, -0.15) is 0 Å². The van der Waals surface area contributed by atoms with E-state index in [4.69, 9.17) is 9.47 Å². The van der Waals surface area contributed by atoms with Crippen LogP contribution >= 0.6 is 22.7 Å². The van der Waals surface area contributed by atoms with Crippen molar-refractivity contribution in [3.8, 4) is 31.7 Å². The van der Waals surface area contributed by atoms with Crippen molar-refractivity contribution in [2.45, 2.75) is 6.92 Å². The van der Waals surface area contributed by atoms with E-state index in [0.29, 0.717) is 0 Å². The van der Waals surface area contributed by atoms with Crippen LogP contribution in [0.2, 0.25) is 0 Å². The fraction of sp³-hybridized carbons (Fsp3) is 0.176. The molecule has 0 amide bonds. The van der Waals surface area contributed by atoms with Gasteiger partial charge < -0.3 is 9.47 Å². The van der Waals surface area contributed by atoms with E-state index >= 15 is 0 Å². The third-order valence-electron chi connectivity index (χ3n) is 3.34. The normalized spacial score (nSPS) is 10.6. The summed E-state index contributed by atoms with van der Waals surface area (Å²) >= 11 is 3.55. The summed E-state index contributed by atoms with van der Waals surface area (Å²) < 4.78 is 10.9. The lowest BCUT2D eigenvalue weighted by Gasteiger charge is -2.12. The Morgan fingerprint density at radius 3 is 2.38 bits per heavy atom. The van der Waals surface area contributed by atoms with Gasteiger partial charge in [-0.25, -0.2) is 0 Å². The predicted octanol–water partition coefficient (Wildman–Crippen LogP) is 5.47. The molecule has 0 unspecified atom stereocenters. The largest absolute Gasteiger partial charge is 0.497 e. The molecule has 2 heterocycles. The van der Waals surface area contributed by atoms with Gasteiger partial charge in [-0.15, -0.1) is 22.7 Å². The Kier molecular flexibility index (Phi) is 3.99. The van der Waals surface area contributed by atoms with E-state index < -0.39 is 0 Å². The molecule has 108 valence electrons. The van der Waals surface area contributed by atoms with Crippen LogP contribution in [0.1, 0.15) is 5.56 Å². The minimum atomic E-state index is 0.822. The van der Waals surface area contributed by atoms with E-state index in [0.717, 1.165) is 22.6 Å². The zero-order valence-electron chi connectivity index (χ0n) is 12.2. The molecule has 2 aromatic heterocycles. The smallest absolute Gasteiger partial charge is 0.131 e. The molecule has 0 fully saturated rings. The van der Waals surface area contributed by atoms with Crippen LogP contribution in [0.4, 0.5) is 0 Å². The van der Waals surface area contributed by atoms with Crippen molar-refractivity contribution >= 4 is 22.7 Å². The van der Waals surface area contributed by atoms with E-state index in [-0.39, 0.29) is 0 Å². The fourth-order valence-corrected chi connectivity index (χ4v) is 4.30. The average Bonchev–Trinajstić information content (AvgIpc) is 3.16. The first-order valence-corrected chi connectivity index (χ1v) is 8.29. The number of aryl methyl sites for hydroxylation is 1. The Balaban J connectivity index is 2.08. The topological polar surface area (TPSA) is 18.5 Å². The highest BCUT2D eigenvalue weighted by Gasteiger charge is 2.14. The number of benzene rings is 1. The van der Waals surface area contributed by atoms with Crippen LogP contribution in [0.15, 0.2) is 41.8 Å². The van der Waals surface area contributed by atoms with E-state index in [2.05, 4.69) is 36.6 Å². The molecule has 0 radical (unpaired) electrons. The molecule has 2 nitrogen and oxygen atoms in total. The summed E-state index contributed by atoms with van der Waals surface area (Å²) in [5.74, 6) is 1.68. The average molecular weight is 316 g/mol. The van der Waals surface area contributed by atoms with E-state index in [1.54, 1.807) is 36.9 Å². The quantitative estimate of drug-likeness (QED) is 0.635. The van der Waals surface area contributed by atoms with Crippen LogP contribution in [-0.4, -0.2) is 14.2 Å². The number of ether oxygens (including phenoxy) is 2. The van der Waals surface area contributed by atoms with Crippen molar-refractivity contribution < 1.29 is 9.47 Å². The molecule has 0 saturated carbocycles. The summed E-state index contributed by atoms with van der Waals surface area (Å²) in [6, 6.07) is 12.6. The number of hydrogen-bond acceptors (Lipinski definition) is 4. The van der Waals surface area contributed by atoms with Gasteiger partial charge in [-0.1, -0.05) is 6.07 Å². The van der Waals surface area contributed by atoms with Crippen LogP contribution in [-0.2, 0) is 0 Å². The molecule has 21 heavy (non-hydrogen) atoms. The maximum Gasteiger partial charge on any atom is 0.131 e. The molecule has 3 aromatic rings. The predicted molar refractivity (Wildman–Crippen MR) is 90.9 cm³/mol. The lowest BCUT2D eigenvalue weighted by Crippen LogP contribution is -1.92. The molecule has 0 aliphatic heterocycles. The second kappa shape index (κ2) is 5.92. The van der Waals surface area contributed by atoms with Crippen molar-refractivity contribution in [2.75, 3.05) is 14.2 Å². The molecular formula is C17H16O2S2. The van der Waals surface area contributed by atoms with Crippen LogP contribution in [0.3, 0.4) is 0 Å². The maximum absolute atomic E-state index is 5.55. The van der Waals surface area contributed by atoms with Gasteiger partial charge >= 0.3 is 0 Å². The first-order valence-electron chi connectivity index (χ1n) is 6.59. The summed E-state index contributed by atoms with van der Waals surface area (Å²) in [4.78, 5) is 3.81. The number of thiophene rings is 2. The number of rotatable bonds is 4. The van der Waals surface area contributed by atoms with Gasteiger partial charge in [-0.3, -0.25) is 0 Å². The standard InChI is InChI=1S/C17H16O2S2/c1-11-9-12(18-2)10-13(19-3)17(11)16-7-6-15(21-16)14-5-4-8-20-14/h4-10H,1-3H3. The fourth-order valence-electron chi connectivity index (χ4n) is 2.34. The summed E-state index contributed by atoms with van der Waals surface area (Å²) in [5.41, 5.74) is 2.30. The third kappa shape index (κ3) is 2.69. The van der Waals surface area contributed by atoms with E-state index in [1.807, 2.05) is 12.1 Å². The zero-order valence-corrected chi connectivity index (χ0v) is 13.8. The molecule has 0 saturated heterocycles. The molecule has 0 atom stereocenters. The summed E-state index contributed by atoms with van der Waals surface area (Å²) in [7, 11) is 3.37. The Morgan fingerprint density at radius 2 is 1.71 bits per heavy atom. The van der Waals surface area contributed by atoms with Crippen LogP contribution in [0.5, 0.6) is 11.5 Å². The SMILES string of the molecule is COc1cc(C)c(-c2ccc(-c3cccs3)s2)c(OC)c1. The summed E-state index contributed by atoms with van der Waals surface area (Å²) in [6.07, 6.45) is 0. The second-order valence-electron chi connectivity index (χ2n) is 4.66. The first-order chi connectivity index (χ1) is 10.2. The van der Waals surface area contributed by atoms with E-state index in [9.17, 15) is 0 Å². The summed E-state index contributed by atoms with van der Waals surface area (Å²) in [6.45, 7) is 2.09. The number of methoxy groups -OCH3 is 2. The lowest BCUT2D eigenvalue weighted by molar-refractivity contribution is 0.395. The maximum atomic E-state index is 5.55. The Labute approximate surface area is 132 Å². The Hall–Kier alpha value is -1.78. The molecule has 1 aromatic carbocycles. The first kappa shape index (κ1) is 14.2. The Bertz CT molecular complexity index is 742.